The smallest absolute Gasteiger partial charge is 0.208 e. The van der Waals surface area contributed by atoms with Crippen LogP contribution in [-0.2, 0) is 5.41 Å². The lowest BCUT2D eigenvalue weighted by molar-refractivity contribution is 0.143. The molecule has 0 fully saturated rings. The molecule has 0 N–H and O–H groups in total. The van der Waals surface area contributed by atoms with E-state index in [4.69, 9.17) is 11.6 Å². The summed E-state index contributed by atoms with van der Waals surface area (Å²) in [6.07, 6.45) is -1.52. The van der Waals surface area contributed by atoms with Crippen LogP contribution in [0.25, 0.3) is 0 Å². The fraction of sp³-hybridized carbons (Fsp3) is 0.538. The Kier molecular flexibility index (Phi) is 4.31. The normalized spacial score (nSPS) is 14.2. The van der Waals surface area contributed by atoms with Gasteiger partial charge in [-0.3, -0.25) is 0 Å². The molecule has 0 aliphatic rings. The second-order valence-electron chi connectivity index (χ2n) is 4.60. The molecule has 90 valence electrons. The maximum Gasteiger partial charge on any atom is 0.258 e. The molecule has 0 radical (unpaired) electrons. The second-order valence-corrected chi connectivity index (χ2v) is 5.07. The summed E-state index contributed by atoms with van der Waals surface area (Å²) >= 11 is 5.59. The van der Waals surface area contributed by atoms with E-state index in [1.165, 1.54) is 0 Å². The molecule has 0 aromatic heterocycles. The molecule has 1 aromatic rings. The van der Waals surface area contributed by atoms with Crippen LogP contribution in [0.5, 0.6) is 0 Å². The van der Waals surface area contributed by atoms with Gasteiger partial charge in [-0.2, -0.15) is 0 Å². The number of rotatable bonds is 4. The predicted octanol–water partition coefficient (Wildman–Crippen LogP) is 4.92. The summed E-state index contributed by atoms with van der Waals surface area (Å²) in [4.78, 5) is 0. The number of halogens is 3. The third-order valence-corrected chi connectivity index (χ3v) is 3.56. The summed E-state index contributed by atoms with van der Waals surface area (Å²) in [6, 6.07) is 7.15. The maximum absolute atomic E-state index is 12.4. The Labute approximate surface area is 101 Å². The van der Waals surface area contributed by atoms with Gasteiger partial charge in [0, 0.05) is 0 Å². The predicted molar refractivity (Wildman–Crippen MR) is 64.4 cm³/mol. The number of benzene rings is 1. The van der Waals surface area contributed by atoms with E-state index in [0.29, 0.717) is 5.56 Å². The van der Waals surface area contributed by atoms with Gasteiger partial charge in [0.05, 0.1) is 0 Å². The van der Waals surface area contributed by atoms with E-state index in [-0.39, 0.29) is 5.41 Å². The molecular formula is C13H17ClF2. The minimum Gasteiger partial charge on any atom is -0.208 e. The Morgan fingerprint density at radius 2 is 1.69 bits per heavy atom. The highest BCUT2D eigenvalue weighted by Gasteiger charge is 2.21. The van der Waals surface area contributed by atoms with E-state index in [0.717, 1.165) is 12.0 Å². The first kappa shape index (κ1) is 13.4. The largest absolute Gasteiger partial charge is 0.258 e. The first-order valence-electron chi connectivity index (χ1n) is 5.41. The highest BCUT2D eigenvalue weighted by Crippen LogP contribution is 2.31. The van der Waals surface area contributed by atoms with Crippen molar-refractivity contribution >= 4 is 11.6 Å². The van der Waals surface area contributed by atoms with E-state index in [2.05, 4.69) is 20.8 Å². The summed E-state index contributed by atoms with van der Waals surface area (Å²) < 4.78 is 24.8. The molecule has 0 saturated carbocycles. The molecule has 1 atom stereocenters. The van der Waals surface area contributed by atoms with Crippen molar-refractivity contribution in [3.63, 3.8) is 0 Å². The first-order chi connectivity index (χ1) is 7.38. The van der Waals surface area contributed by atoms with Crippen molar-refractivity contribution in [2.24, 2.45) is 0 Å². The molecule has 3 heteroatoms. The van der Waals surface area contributed by atoms with Crippen molar-refractivity contribution in [2.45, 2.75) is 44.4 Å². The van der Waals surface area contributed by atoms with Gasteiger partial charge in [0.15, 0.2) is 0 Å². The van der Waals surface area contributed by atoms with Crippen molar-refractivity contribution in [1.29, 1.82) is 0 Å². The van der Waals surface area contributed by atoms with Crippen molar-refractivity contribution in [3.8, 4) is 0 Å². The third-order valence-electron chi connectivity index (χ3n) is 3.12. The minimum absolute atomic E-state index is 0.0746. The van der Waals surface area contributed by atoms with Gasteiger partial charge in [0.1, 0.15) is 5.38 Å². The molecule has 16 heavy (non-hydrogen) atoms. The Hall–Kier alpha value is -0.630. The highest BCUT2D eigenvalue weighted by atomic mass is 35.5. The lowest BCUT2D eigenvalue weighted by atomic mass is 9.82. The standard InChI is InChI=1S/C13H17ClF2/c1-4-13(2,3)10-7-5-9(6-8-10)11(14)12(15)16/h5-8,11-12H,4H2,1-3H3. The molecule has 1 unspecified atom stereocenters. The molecule has 0 aliphatic carbocycles. The van der Waals surface area contributed by atoms with Crippen LogP contribution in [0.2, 0.25) is 0 Å². The Bertz CT molecular complexity index is 330. The van der Waals surface area contributed by atoms with Crippen molar-refractivity contribution in [1.82, 2.24) is 0 Å². The molecule has 0 saturated heterocycles. The van der Waals surface area contributed by atoms with Gasteiger partial charge < -0.3 is 0 Å². The second kappa shape index (κ2) is 5.13. The molecule has 0 spiro atoms. The van der Waals surface area contributed by atoms with Gasteiger partial charge in [-0.25, -0.2) is 8.78 Å². The van der Waals surface area contributed by atoms with Gasteiger partial charge in [-0.05, 0) is 23.0 Å². The number of hydrogen-bond donors (Lipinski definition) is 0. The lowest BCUT2D eigenvalue weighted by Gasteiger charge is -2.23. The van der Waals surface area contributed by atoms with Crippen LogP contribution in [0.1, 0.15) is 43.7 Å². The van der Waals surface area contributed by atoms with Crippen molar-refractivity contribution < 1.29 is 8.78 Å². The molecule has 1 aromatic carbocycles. The topological polar surface area (TPSA) is 0 Å². The Morgan fingerprint density at radius 3 is 2.06 bits per heavy atom. The zero-order valence-electron chi connectivity index (χ0n) is 9.81. The number of hydrogen-bond acceptors (Lipinski definition) is 0. The summed E-state index contributed by atoms with van der Waals surface area (Å²) in [5.74, 6) is 0. The van der Waals surface area contributed by atoms with Gasteiger partial charge in [0.2, 0.25) is 0 Å². The van der Waals surface area contributed by atoms with E-state index in [1.807, 2.05) is 12.1 Å². The summed E-state index contributed by atoms with van der Waals surface area (Å²) in [5.41, 5.74) is 1.70. The van der Waals surface area contributed by atoms with E-state index < -0.39 is 11.8 Å². The SMILES string of the molecule is CCC(C)(C)c1ccc(C(Cl)C(F)F)cc1. The third kappa shape index (κ3) is 2.94. The number of alkyl halides is 3. The van der Waals surface area contributed by atoms with E-state index in [9.17, 15) is 8.78 Å². The van der Waals surface area contributed by atoms with E-state index >= 15 is 0 Å². The Morgan fingerprint density at radius 1 is 1.19 bits per heavy atom. The lowest BCUT2D eigenvalue weighted by Crippen LogP contribution is -2.15. The van der Waals surface area contributed by atoms with Crippen LogP contribution in [0.4, 0.5) is 8.78 Å². The molecule has 0 heterocycles. The molecular weight excluding hydrogens is 230 g/mol. The average molecular weight is 247 g/mol. The summed E-state index contributed by atoms with van der Waals surface area (Å²) in [6.45, 7) is 6.37. The van der Waals surface area contributed by atoms with Crippen molar-refractivity contribution in [3.05, 3.63) is 35.4 Å². The average Bonchev–Trinajstić information content (AvgIpc) is 2.28. The zero-order chi connectivity index (χ0) is 12.3. The molecule has 0 bridgehead atoms. The van der Waals surface area contributed by atoms with Crippen LogP contribution in [0, 0.1) is 0 Å². The van der Waals surface area contributed by atoms with Gasteiger partial charge in [-0.15, -0.1) is 11.6 Å². The van der Waals surface area contributed by atoms with Crippen LogP contribution < -0.4 is 0 Å². The quantitative estimate of drug-likeness (QED) is 0.662. The van der Waals surface area contributed by atoms with Crippen LogP contribution >= 0.6 is 11.6 Å². The van der Waals surface area contributed by atoms with Gasteiger partial charge >= 0.3 is 0 Å². The fourth-order valence-corrected chi connectivity index (χ4v) is 1.61. The van der Waals surface area contributed by atoms with Crippen LogP contribution in [0.15, 0.2) is 24.3 Å². The van der Waals surface area contributed by atoms with Crippen LogP contribution in [-0.4, -0.2) is 6.43 Å². The zero-order valence-corrected chi connectivity index (χ0v) is 10.6. The van der Waals surface area contributed by atoms with Gasteiger partial charge in [0.25, 0.3) is 6.43 Å². The molecule has 0 aliphatic heterocycles. The molecule has 1 rings (SSSR count). The van der Waals surface area contributed by atoms with Crippen molar-refractivity contribution in [2.75, 3.05) is 0 Å². The van der Waals surface area contributed by atoms with E-state index in [1.54, 1.807) is 12.1 Å². The summed E-state index contributed by atoms with van der Waals surface area (Å²) in [5, 5.41) is -1.21. The summed E-state index contributed by atoms with van der Waals surface area (Å²) in [7, 11) is 0. The van der Waals surface area contributed by atoms with Crippen LogP contribution in [0.3, 0.4) is 0 Å². The minimum atomic E-state index is -2.52. The van der Waals surface area contributed by atoms with Gasteiger partial charge in [-0.1, -0.05) is 45.0 Å². The monoisotopic (exact) mass is 246 g/mol. The Balaban J connectivity index is 2.91. The fourth-order valence-electron chi connectivity index (χ4n) is 1.47. The first-order valence-corrected chi connectivity index (χ1v) is 5.85. The molecule has 0 amide bonds. The highest BCUT2D eigenvalue weighted by molar-refractivity contribution is 6.21. The molecule has 0 nitrogen and oxygen atoms in total. The maximum atomic E-state index is 12.4.